The molecule has 3 heteroatoms. The van der Waals surface area contributed by atoms with Crippen molar-refractivity contribution < 1.29 is 10.2 Å². The van der Waals surface area contributed by atoms with Gasteiger partial charge in [0.2, 0.25) is 0 Å². The molecule has 0 spiro atoms. The maximum absolute atomic E-state index is 4.65. The van der Waals surface area contributed by atoms with Gasteiger partial charge in [0.15, 0.2) is 6.40 Å². The van der Waals surface area contributed by atoms with Crippen molar-refractivity contribution >= 4 is 6.40 Å². The molecule has 3 nitrogen and oxygen atoms in total. The summed E-state index contributed by atoms with van der Waals surface area (Å²) in [6, 6.07) is 0. The van der Waals surface area contributed by atoms with Crippen molar-refractivity contribution in [3.8, 4) is 0 Å². The lowest BCUT2D eigenvalue weighted by molar-refractivity contribution is 0.361. The molecule has 6 heavy (non-hydrogen) atoms. The van der Waals surface area contributed by atoms with E-state index in [2.05, 4.69) is 9.73 Å². The fourth-order valence-corrected chi connectivity index (χ4v) is 0.264. The van der Waals surface area contributed by atoms with Crippen molar-refractivity contribution in [2.24, 2.45) is 4.99 Å². The lowest BCUT2D eigenvalue weighted by Gasteiger charge is -1.76. The highest BCUT2D eigenvalue weighted by Gasteiger charge is 1.84. The first-order valence-electron chi connectivity index (χ1n) is 1.60. The first-order chi connectivity index (χ1) is 2.50. The second-order valence-electron chi connectivity index (χ2n) is 0.882. The molecule has 0 aromatic carbocycles. The molecule has 0 aliphatic carbocycles. The number of hydrogen-bond acceptors (Lipinski definition) is 2. The third kappa shape index (κ3) is 1.03. The molecule has 0 aromatic heterocycles. The minimum Gasteiger partial charge on any atom is -0.482 e. The molecule has 2 N–H and O–H groups in total. The molecule has 36 valence electrons. The van der Waals surface area contributed by atoms with Crippen molar-refractivity contribution in [3.63, 3.8) is 0 Å². The van der Waals surface area contributed by atoms with Crippen molar-refractivity contribution in [2.45, 2.75) is 0 Å². The highest BCUT2D eigenvalue weighted by atomic mass is 16.5. The minimum atomic E-state index is 0. The Morgan fingerprint density at radius 1 is 1.67 bits per heavy atom. The van der Waals surface area contributed by atoms with Gasteiger partial charge in [0.1, 0.15) is 6.61 Å². The first kappa shape index (κ1) is 5.43. The molecule has 0 atom stereocenters. The van der Waals surface area contributed by atoms with Crippen molar-refractivity contribution in [2.75, 3.05) is 13.2 Å². The van der Waals surface area contributed by atoms with E-state index < -0.39 is 0 Å². The summed E-state index contributed by atoms with van der Waals surface area (Å²) in [6.07, 6.45) is 1.49. The molecule has 0 radical (unpaired) electrons. The summed E-state index contributed by atoms with van der Waals surface area (Å²) in [6.45, 7) is 1.62. The Kier molecular flexibility index (Phi) is 2.40. The molecule has 0 unspecified atom stereocenters. The van der Waals surface area contributed by atoms with E-state index in [-0.39, 0.29) is 5.48 Å². The second kappa shape index (κ2) is 2.66. The Balaban J connectivity index is 0.000000250. The summed E-state index contributed by atoms with van der Waals surface area (Å²) < 4.78 is 4.65. The Labute approximate surface area is 36.0 Å². The summed E-state index contributed by atoms with van der Waals surface area (Å²) in [5, 5.41) is 0. The van der Waals surface area contributed by atoms with Crippen molar-refractivity contribution in [1.29, 1.82) is 0 Å². The number of ether oxygens (including phenoxy) is 1. The maximum atomic E-state index is 4.65. The van der Waals surface area contributed by atoms with Crippen LogP contribution >= 0.6 is 0 Å². The lowest BCUT2D eigenvalue weighted by Crippen LogP contribution is -1.80. The summed E-state index contributed by atoms with van der Waals surface area (Å²) in [7, 11) is 0. The van der Waals surface area contributed by atoms with Crippen LogP contribution in [0.15, 0.2) is 4.99 Å². The molecule has 1 aliphatic heterocycles. The van der Waals surface area contributed by atoms with Gasteiger partial charge in [-0.25, -0.2) is 0 Å². The monoisotopic (exact) mass is 89.0 g/mol. The van der Waals surface area contributed by atoms with E-state index in [1.165, 1.54) is 6.40 Å². The number of aliphatic imine (C=N–C) groups is 1. The van der Waals surface area contributed by atoms with Crippen LogP contribution in [0.2, 0.25) is 0 Å². The third-order valence-electron chi connectivity index (χ3n) is 0.487. The molecule has 1 heterocycles. The summed E-state index contributed by atoms with van der Waals surface area (Å²) in [5.74, 6) is 0. The molecule has 0 amide bonds. The van der Waals surface area contributed by atoms with Crippen molar-refractivity contribution in [1.82, 2.24) is 0 Å². The normalized spacial score (nSPS) is 16.0. The van der Waals surface area contributed by atoms with Crippen LogP contribution in [0.4, 0.5) is 0 Å². The molecule has 0 saturated heterocycles. The molecule has 0 saturated carbocycles. The molecule has 1 aliphatic rings. The van der Waals surface area contributed by atoms with Gasteiger partial charge >= 0.3 is 0 Å². The van der Waals surface area contributed by atoms with Gasteiger partial charge in [0.05, 0.1) is 6.54 Å². The van der Waals surface area contributed by atoms with Gasteiger partial charge in [-0.05, 0) is 0 Å². The maximum Gasteiger partial charge on any atom is 0.169 e. The van der Waals surface area contributed by atoms with Gasteiger partial charge < -0.3 is 10.2 Å². The van der Waals surface area contributed by atoms with Crippen LogP contribution in [0.1, 0.15) is 0 Å². The average molecular weight is 89.1 g/mol. The van der Waals surface area contributed by atoms with E-state index in [0.29, 0.717) is 0 Å². The van der Waals surface area contributed by atoms with E-state index in [1.54, 1.807) is 0 Å². The van der Waals surface area contributed by atoms with Gasteiger partial charge in [0, 0.05) is 0 Å². The highest BCUT2D eigenvalue weighted by molar-refractivity contribution is 5.47. The largest absolute Gasteiger partial charge is 0.482 e. The van der Waals surface area contributed by atoms with E-state index in [0.717, 1.165) is 13.2 Å². The summed E-state index contributed by atoms with van der Waals surface area (Å²) >= 11 is 0. The molecule has 1 rings (SSSR count). The summed E-state index contributed by atoms with van der Waals surface area (Å²) in [5.41, 5.74) is 0. The molecule has 0 aromatic rings. The van der Waals surface area contributed by atoms with E-state index >= 15 is 0 Å². The van der Waals surface area contributed by atoms with E-state index in [9.17, 15) is 0 Å². The number of nitrogens with zero attached hydrogens (tertiary/aromatic N) is 1. The van der Waals surface area contributed by atoms with Crippen LogP contribution in [0.5, 0.6) is 0 Å². The zero-order chi connectivity index (χ0) is 3.54. The second-order valence-corrected chi connectivity index (χ2v) is 0.882. The smallest absolute Gasteiger partial charge is 0.169 e. The van der Waals surface area contributed by atoms with Gasteiger partial charge in [-0.3, -0.25) is 4.99 Å². The molecule has 0 fully saturated rings. The quantitative estimate of drug-likeness (QED) is 0.384. The fourth-order valence-electron chi connectivity index (χ4n) is 0.264. The third-order valence-corrected chi connectivity index (χ3v) is 0.487. The Bertz CT molecular complexity index is 46.8. The van der Waals surface area contributed by atoms with Gasteiger partial charge in [-0.15, -0.1) is 0 Å². The van der Waals surface area contributed by atoms with Crippen LogP contribution in [0, 0.1) is 0 Å². The average Bonchev–Trinajstić information content (AvgIpc) is 1.76. The van der Waals surface area contributed by atoms with Crippen LogP contribution in [0.3, 0.4) is 0 Å². The first-order valence-corrected chi connectivity index (χ1v) is 1.60. The van der Waals surface area contributed by atoms with Gasteiger partial charge in [-0.2, -0.15) is 0 Å². The standard InChI is InChI=1S/C3H5NO.H2O/c1-2-5-3-4-1;/h3H,1-2H2;1H2. The number of hydrogen-bond donors (Lipinski definition) is 0. The van der Waals surface area contributed by atoms with E-state index in [4.69, 9.17) is 0 Å². The lowest BCUT2D eigenvalue weighted by atomic mass is 10.8. The predicted octanol–water partition coefficient (Wildman–Crippen LogP) is -0.780. The topological polar surface area (TPSA) is 53.1 Å². The molecule has 0 bridgehead atoms. The zero-order valence-electron chi connectivity index (χ0n) is 3.35. The van der Waals surface area contributed by atoms with Crippen LogP contribution in [-0.4, -0.2) is 25.0 Å². The predicted molar refractivity (Wildman–Crippen MR) is 22.9 cm³/mol. The van der Waals surface area contributed by atoms with Crippen LogP contribution < -0.4 is 0 Å². The van der Waals surface area contributed by atoms with E-state index in [1.807, 2.05) is 0 Å². The number of rotatable bonds is 0. The van der Waals surface area contributed by atoms with Gasteiger partial charge in [0.25, 0.3) is 0 Å². The Hall–Kier alpha value is -0.570. The zero-order valence-corrected chi connectivity index (χ0v) is 3.35. The van der Waals surface area contributed by atoms with Crippen molar-refractivity contribution in [3.05, 3.63) is 0 Å². The molecular formula is C3H7NO2. The highest BCUT2D eigenvalue weighted by Crippen LogP contribution is 1.78. The summed E-state index contributed by atoms with van der Waals surface area (Å²) in [4.78, 5) is 3.74. The SMILES string of the molecule is C1=NCCO1.O. The van der Waals surface area contributed by atoms with Gasteiger partial charge in [-0.1, -0.05) is 0 Å². The van der Waals surface area contributed by atoms with Crippen LogP contribution in [0.25, 0.3) is 0 Å². The Morgan fingerprint density at radius 2 is 2.50 bits per heavy atom. The Morgan fingerprint density at radius 3 is 2.67 bits per heavy atom. The minimum absolute atomic E-state index is 0. The fraction of sp³-hybridized carbons (Fsp3) is 0.667. The van der Waals surface area contributed by atoms with Crippen LogP contribution in [-0.2, 0) is 4.74 Å². The molecular weight excluding hydrogens is 82.0 g/mol.